The van der Waals surface area contributed by atoms with E-state index in [2.05, 4.69) is 63.0 Å². The molecule has 0 spiro atoms. The molecule has 6 rings (SSSR count). The molecule has 0 aliphatic heterocycles. The fraction of sp³-hybridized carbons (Fsp3) is 0.303. The Bertz CT molecular complexity index is 1770. The quantitative estimate of drug-likeness (QED) is 0.234. The molecule has 10 heteroatoms. The third-order valence-corrected chi connectivity index (χ3v) is 8.34. The summed E-state index contributed by atoms with van der Waals surface area (Å²) in [5.41, 5.74) is 9.24. The molecule has 0 fully saturated rings. The first-order valence-electron chi connectivity index (χ1n) is 14.6. The standard InChI is InChI=1S/C33H36N8O2/c1-19(2)28-17-41(18-34-28)25-12-8-22-9-13-26(27(22)16-25)31(37-32(42)29-14-15-35-40(29)5)33(43)36-24-10-6-23(7-11-24)30-20(3)38-39-21(30)4/h6-8,10-12,14-19,26,31H,9,13H2,1-5H3,(H,36,43)(H,37,42)(H,38,39)/t26-,31+/m1/s1. The molecular formula is C33H36N8O2. The smallest absolute Gasteiger partial charge is 0.270 e. The molecule has 3 heterocycles. The maximum atomic E-state index is 14.0. The first-order valence-corrected chi connectivity index (χ1v) is 14.6. The lowest BCUT2D eigenvalue weighted by atomic mass is 9.91. The highest BCUT2D eigenvalue weighted by atomic mass is 16.2. The zero-order chi connectivity index (χ0) is 30.2. The van der Waals surface area contributed by atoms with Gasteiger partial charge < -0.3 is 15.2 Å². The van der Waals surface area contributed by atoms with Gasteiger partial charge in [0.15, 0.2) is 0 Å². The maximum Gasteiger partial charge on any atom is 0.270 e. The molecule has 220 valence electrons. The van der Waals surface area contributed by atoms with Crippen molar-refractivity contribution in [1.29, 1.82) is 0 Å². The molecule has 5 aromatic rings. The second-order valence-corrected chi connectivity index (χ2v) is 11.6. The number of hydrogen-bond acceptors (Lipinski definition) is 5. The van der Waals surface area contributed by atoms with E-state index in [1.54, 1.807) is 19.3 Å². The topological polar surface area (TPSA) is 123 Å². The Morgan fingerprint density at radius 3 is 2.51 bits per heavy atom. The molecule has 2 atom stereocenters. The van der Waals surface area contributed by atoms with Gasteiger partial charge in [-0.25, -0.2) is 4.98 Å². The highest BCUT2D eigenvalue weighted by Gasteiger charge is 2.36. The highest BCUT2D eigenvalue weighted by Crippen LogP contribution is 2.38. The van der Waals surface area contributed by atoms with E-state index in [4.69, 9.17) is 0 Å². The van der Waals surface area contributed by atoms with Crippen LogP contribution in [0.1, 0.15) is 70.8 Å². The van der Waals surface area contributed by atoms with Gasteiger partial charge in [0.05, 0.1) is 17.7 Å². The number of aryl methyl sites for hydroxylation is 4. The van der Waals surface area contributed by atoms with Crippen molar-refractivity contribution in [2.45, 2.75) is 58.4 Å². The summed E-state index contributed by atoms with van der Waals surface area (Å²) in [6.45, 7) is 8.19. The van der Waals surface area contributed by atoms with Gasteiger partial charge in [-0.1, -0.05) is 32.0 Å². The van der Waals surface area contributed by atoms with Crippen molar-refractivity contribution in [3.8, 4) is 16.8 Å². The van der Waals surface area contributed by atoms with Crippen LogP contribution in [-0.4, -0.2) is 47.4 Å². The number of aromatic amines is 1. The van der Waals surface area contributed by atoms with Gasteiger partial charge in [-0.15, -0.1) is 0 Å². The number of nitrogens with one attached hydrogen (secondary N) is 3. The minimum atomic E-state index is -0.800. The van der Waals surface area contributed by atoms with Gasteiger partial charge in [0, 0.05) is 48.0 Å². The van der Waals surface area contributed by atoms with Crippen molar-refractivity contribution < 1.29 is 9.59 Å². The van der Waals surface area contributed by atoms with E-state index in [0.29, 0.717) is 17.3 Å². The van der Waals surface area contributed by atoms with E-state index in [-0.39, 0.29) is 17.7 Å². The summed E-state index contributed by atoms with van der Waals surface area (Å²) in [5.74, 6) is -0.509. The van der Waals surface area contributed by atoms with E-state index in [1.165, 1.54) is 10.2 Å². The van der Waals surface area contributed by atoms with Gasteiger partial charge in [0.2, 0.25) is 5.91 Å². The van der Waals surface area contributed by atoms with E-state index in [0.717, 1.165) is 52.3 Å². The van der Waals surface area contributed by atoms with Gasteiger partial charge in [0.1, 0.15) is 11.7 Å². The van der Waals surface area contributed by atoms with Gasteiger partial charge in [0.25, 0.3) is 5.91 Å². The maximum absolute atomic E-state index is 14.0. The zero-order valence-electron chi connectivity index (χ0n) is 25.0. The minimum Gasteiger partial charge on any atom is -0.338 e. The Kier molecular flexibility index (Phi) is 7.43. The Balaban J connectivity index is 1.30. The third-order valence-electron chi connectivity index (χ3n) is 8.34. The number of carbonyl (C=O) groups excluding carboxylic acids is 2. The number of imidazole rings is 1. The van der Waals surface area contributed by atoms with Gasteiger partial charge in [-0.2, -0.15) is 10.2 Å². The van der Waals surface area contributed by atoms with Crippen LogP contribution in [0.2, 0.25) is 0 Å². The summed E-state index contributed by atoms with van der Waals surface area (Å²) in [7, 11) is 1.71. The molecule has 3 aromatic heterocycles. The summed E-state index contributed by atoms with van der Waals surface area (Å²) >= 11 is 0. The predicted octanol–water partition coefficient (Wildman–Crippen LogP) is 5.20. The second-order valence-electron chi connectivity index (χ2n) is 11.6. The summed E-state index contributed by atoms with van der Waals surface area (Å²) in [6, 6.07) is 14.9. The van der Waals surface area contributed by atoms with E-state index in [9.17, 15) is 9.59 Å². The lowest BCUT2D eigenvalue weighted by molar-refractivity contribution is -0.118. The van der Waals surface area contributed by atoms with E-state index in [1.807, 2.05) is 55.2 Å². The molecule has 1 aliphatic rings. The van der Waals surface area contributed by atoms with Crippen LogP contribution in [0.5, 0.6) is 0 Å². The number of fused-ring (bicyclic) bond motifs is 1. The molecule has 0 saturated heterocycles. The molecule has 0 radical (unpaired) electrons. The molecular weight excluding hydrogens is 540 g/mol. The van der Waals surface area contributed by atoms with Gasteiger partial charge in [-0.3, -0.25) is 19.4 Å². The lowest BCUT2D eigenvalue weighted by Gasteiger charge is -2.25. The molecule has 1 aliphatic carbocycles. The number of H-pyrrole nitrogens is 1. The number of amides is 2. The van der Waals surface area contributed by atoms with Crippen LogP contribution in [-0.2, 0) is 18.3 Å². The highest BCUT2D eigenvalue weighted by molar-refractivity contribution is 6.01. The number of carbonyl (C=O) groups is 2. The summed E-state index contributed by atoms with van der Waals surface area (Å²) in [4.78, 5) is 31.9. The normalized spacial score (nSPS) is 15.0. The van der Waals surface area contributed by atoms with Crippen LogP contribution in [0.25, 0.3) is 16.8 Å². The van der Waals surface area contributed by atoms with Crippen molar-refractivity contribution >= 4 is 17.5 Å². The zero-order valence-corrected chi connectivity index (χ0v) is 25.0. The Hall–Kier alpha value is -4.99. The predicted molar refractivity (Wildman–Crippen MR) is 165 cm³/mol. The van der Waals surface area contributed by atoms with Crippen molar-refractivity contribution in [1.82, 2.24) is 34.8 Å². The van der Waals surface area contributed by atoms with Crippen molar-refractivity contribution in [3.63, 3.8) is 0 Å². The van der Waals surface area contributed by atoms with Crippen molar-refractivity contribution in [2.75, 3.05) is 5.32 Å². The molecule has 0 saturated carbocycles. The average molecular weight is 577 g/mol. The lowest BCUT2D eigenvalue weighted by Crippen LogP contribution is -2.47. The van der Waals surface area contributed by atoms with Crippen LogP contribution in [0.4, 0.5) is 5.69 Å². The summed E-state index contributed by atoms with van der Waals surface area (Å²) in [5, 5.41) is 17.6. The first kappa shape index (κ1) is 28.1. The number of nitrogens with zero attached hydrogens (tertiary/aromatic N) is 5. The van der Waals surface area contributed by atoms with Crippen LogP contribution >= 0.6 is 0 Å². The second kappa shape index (κ2) is 11.4. The fourth-order valence-electron chi connectivity index (χ4n) is 5.98. The monoisotopic (exact) mass is 576 g/mol. The molecule has 0 unspecified atom stereocenters. The first-order chi connectivity index (χ1) is 20.7. The Labute approximate surface area is 250 Å². The molecule has 43 heavy (non-hydrogen) atoms. The Morgan fingerprint density at radius 1 is 1.07 bits per heavy atom. The summed E-state index contributed by atoms with van der Waals surface area (Å²) < 4.78 is 3.52. The van der Waals surface area contributed by atoms with Crippen molar-refractivity contribution in [3.05, 3.63) is 101 Å². The Morgan fingerprint density at radius 2 is 1.86 bits per heavy atom. The van der Waals surface area contributed by atoms with Gasteiger partial charge >= 0.3 is 0 Å². The SMILES string of the molecule is Cc1n[nH]c(C)c1-c1ccc(NC(=O)[C@@H](NC(=O)c2ccnn2C)[C@@H]2CCc3ccc(-n4cnc(C(C)C)c4)cc32)cc1. The minimum absolute atomic E-state index is 0.212. The number of aromatic nitrogens is 6. The van der Waals surface area contributed by atoms with Gasteiger partial charge in [-0.05, 0) is 79.6 Å². The van der Waals surface area contributed by atoms with Crippen LogP contribution in [0.15, 0.2) is 67.3 Å². The van der Waals surface area contributed by atoms with Crippen LogP contribution in [0.3, 0.4) is 0 Å². The fourth-order valence-corrected chi connectivity index (χ4v) is 5.98. The number of rotatable bonds is 8. The molecule has 10 nitrogen and oxygen atoms in total. The van der Waals surface area contributed by atoms with Crippen molar-refractivity contribution in [2.24, 2.45) is 7.05 Å². The molecule has 0 bridgehead atoms. The molecule has 2 amide bonds. The average Bonchev–Trinajstić information content (AvgIpc) is 3.79. The van der Waals surface area contributed by atoms with Crippen LogP contribution in [0, 0.1) is 13.8 Å². The van der Waals surface area contributed by atoms with E-state index >= 15 is 0 Å². The molecule has 3 N–H and O–H groups in total. The van der Waals surface area contributed by atoms with E-state index < -0.39 is 6.04 Å². The third kappa shape index (κ3) is 5.48. The molecule has 2 aromatic carbocycles. The van der Waals surface area contributed by atoms with Crippen LogP contribution < -0.4 is 10.6 Å². The number of benzene rings is 2. The number of anilines is 1. The number of hydrogen-bond donors (Lipinski definition) is 3. The largest absolute Gasteiger partial charge is 0.338 e. The summed E-state index contributed by atoms with van der Waals surface area (Å²) in [6.07, 6.45) is 7.00.